The van der Waals surface area contributed by atoms with E-state index in [1.165, 1.54) is 12.1 Å². The maximum absolute atomic E-state index is 13.7. The summed E-state index contributed by atoms with van der Waals surface area (Å²) >= 11 is 0. The number of carbonyl (C=O) groups excluding carboxylic acids is 2. The van der Waals surface area contributed by atoms with Crippen LogP contribution >= 0.6 is 0 Å². The van der Waals surface area contributed by atoms with Crippen molar-refractivity contribution in [1.29, 1.82) is 0 Å². The molecule has 6 nitrogen and oxygen atoms in total. The Balaban J connectivity index is 1.66. The minimum Gasteiger partial charge on any atom is -0.466 e. The molecule has 1 aromatic carbocycles. The van der Waals surface area contributed by atoms with Gasteiger partial charge in [0.2, 0.25) is 0 Å². The smallest absolute Gasteiger partial charge is 0.310 e. The van der Waals surface area contributed by atoms with Crippen molar-refractivity contribution in [1.82, 2.24) is 9.47 Å². The van der Waals surface area contributed by atoms with Gasteiger partial charge in [0.25, 0.3) is 5.91 Å². The monoisotopic (exact) mass is 430 g/mol. The van der Waals surface area contributed by atoms with Crippen LogP contribution in [0.5, 0.6) is 0 Å². The van der Waals surface area contributed by atoms with Gasteiger partial charge in [0.15, 0.2) is 5.58 Å². The molecule has 1 atom stereocenters. The first-order valence-corrected chi connectivity index (χ1v) is 10.4. The summed E-state index contributed by atoms with van der Waals surface area (Å²) in [6.07, 6.45) is 1.37. The topological polar surface area (TPSA) is 64.7 Å². The third kappa shape index (κ3) is 4.33. The van der Waals surface area contributed by atoms with Gasteiger partial charge in [0.05, 0.1) is 18.0 Å². The molecule has 164 valence electrons. The molecule has 31 heavy (non-hydrogen) atoms. The fourth-order valence-electron chi connectivity index (χ4n) is 4.17. The normalized spacial score (nSPS) is 16.6. The second-order valence-corrected chi connectivity index (χ2v) is 7.84. The largest absolute Gasteiger partial charge is 0.466 e. The van der Waals surface area contributed by atoms with Gasteiger partial charge in [-0.25, -0.2) is 8.78 Å². The fraction of sp³-hybridized carbons (Fsp3) is 0.391. The first kappa shape index (κ1) is 21.1. The quantitative estimate of drug-likeness (QED) is 0.567. The molecule has 1 aliphatic rings. The van der Waals surface area contributed by atoms with Crippen molar-refractivity contribution in [2.45, 2.75) is 33.2 Å². The van der Waals surface area contributed by atoms with Gasteiger partial charge in [-0.15, -0.1) is 0 Å². The first-order valence-electron chi connectivity index (χ1n) is 10.4. The van der Waals surface area contributed by atoms with Crippen LogP contribution in [0.15, 0.2) is 34.7 Å². The number of halogens is 2. The molecule has 1 saturated heterocycles. The van der Waals surface area contributed by atoms with Crippen molar-refractivity contribution in [2.75, 3.05) is 19.7 Å². The Morgan fingerprint density at radius 2 is 1.90 bits per heavy atom. The highest BCUT2D eigenvalue weighted by molar-refractivity contribution is 5.98. The maximum Gasteiger partial charge on any atom is 0.310 e. The van der Waals surface area contributed by atoms with Crippen molar-refractivity contribution >= 4 is 23.0 Å². The van der Waals surface area contributed by atoms with Crippen molar-refractivity contribution in [3.63, 3.8) is 0 Å². The minimum atomic E-state index is -0.678. The number of esters is 1. The van der Waals surface area contributed by atoms with E-state index in [9.17, 15) is 18.4 Å². The molecule has 1 amide bonds. The highest BCUT2D eigenvalue weighted by atomic mass is 19.1. The summed E-state index contributed by atoms with van der Waals surface area (Å²) in [5.41, 5.74) is 1.94. The molecule has 0 bridgehead atoms. The summed E-state index contributed by atoms with van der Waals surface area (Å²) < 4.78 is 40.0. The standard InChI is InChI=1S/C23H24F2N2O4/c1-3-30-23(29)16-5-4-6-26(13-16)22(28)20-11-21-19(7-14(2)31-21)27(20)12-15-8-17(24)10-18(25)9-15/h7-11,16H,3-6,12-13H2,1-2H3. The molecular formula is C23H24F2N2O4. The molecule has 0 spiro atoms. The van der Waals surface area contributed by atoms with E-state index in [2.05, 4.69) is 0 Å². The van der Waals surface area contributed by atoms with Crippen molar-refractivity contribution in [3.8, 4) is 0 Å². The predicted molar refractivity (Wildman–Crippen MR) is 110 cm³/mol. The van der Waals surface area contributed by atoms with E-state index >= 15 is 0 Å². The van der Waals surface area contributed by atoms with Crippen LogP contribution in [0.3, 0.4) is 0 Å². The molecule has 1 fully saturated rings. The number of fused-ring (bicyclic) bond motifs is 1. The molecular weight excluding hydrogens is 406 g/mol. The van der Waals surface area contributed by atoms with Gasteiger partial charge in [-0.1, -0.05) is 0 Å². The second kappa shape index (κ2) is 8.53. The number of nitrogens with zero attached hydrogens (tertiary/aromatic N) is 2. The summed E-state index contributed by atoms with van der Waals surface area (Å²) in [7, 11) is 0. The number of piperidine rings is 1. The van der Waals surface area contributed by atoms with Gasteiger partial charge in [0, 0.05) is 37.8 Å². The number of carbonyl (C=O) groups is 2. The molecule has 0 N–H and O–H groups in total. The lowest BCUT2D eigenvalue weighted by Crippen LogP contribution is -2.43. The number of aromatic nitrogens is 1. The van der Waals surface area contributed by atoms with Gasteiger partial charge in [0.1, 0.15) is 23.1 Å². The molecule has 1 aliphatic heterocycles. The summed E-state index contributed by atoms with van der Waals surface area (Å²) in [6.45, 7) is 4.75. The molecule has 8 heteroatoms. The summed E-state index contributed by atoms with van der Waals surface area (Å²) in [4.78, 5) is 27.2. The Hall–Kier alpha value is -3.16. The minimum absolute atomic E-state index is 0.105. The average molecular weight is 430 g/mol. The lowest BCUT2D eigenvalue weighted by atomic mass is 9.98. The molecule has 1 unspecified atom stereocenters. The molecule has 3 heterocycles. The van der Waals surface area contributed by atoms with Crippen LogP contribution in [0.2, 0.25) is 0 Å². The third-order valence-electron chi connectivity index (χ3n) is 5.52. The average Bonchev–Trinajstić information content (AvgIpc) is 3.24. The number of furan rings is 1. The van der Waals surface area contributed by atoms with Crippen LogP contribution in [-0.2, 0) is 16.1 Å². The van der Waals surface area contributed by atoms with Crippen LogP contribution in [0.4, 0.5) is 8.78 Å². The lowest BCUT2D eigenvalue weighted by molar-refractivity contribution is -0.149. The second-order valence-electron chi connectivity index (χ2n) is 7.84. The van der Waals surface area contributed by atoms with E-state index in [0.717, 1.165) is 6.07 Å². The highest BCUT2D eigenvalue weighted by Crippen LogP contribution is 2.28. The van der Waals surface area contributed by atoms with Crippen molar-refractivity contribution in [3.05, 3.63) is 59.0 Å². The van der Waals surface area contributed by atoms with Gasteiger partial charge in [-0.3, -0.25) is 9.59 Å². The fourth-order valence-corrected chi connectivity index (χ4v) is 4.17. The van der Waals surface area contributed by atoms with Gasteiger partial charge in [-0.05, 0) is 44.4 Å². The Morgan fingerprint density at radius 3 is 2.61 bits per heavy atom. The van der Waals surface area contributed by atoms with Crippen LogP contribution in [0, 0.1) is 24.5 Å². The number of likely N-dealkylation sites (tertiary alicyclic amines) is 1. The van der Waals surface area contributed by atoms with Crippen LogP contribution in [0.1, 0.15) is 41.6 Å². The maximum atomic E-state index is 13.7. The van der Waals surface area contributed by atoms with Crippen LogP contribution in [0.25, 0.3) is 11.1 Å². The number of rotatable bonds is 5. The Morgan fingerprint density at radius 1 is 1.16 bits per heavy atom. The summed E-state index contributed by atoms with van der Waals surface area (Å²) in [5.74, 6) is -1.59. The number of hydrogen-bond acceptors (Lipinski definition) is 4. The van der Waals surface area contributed by atoms with E-state index in [4.69, 9.17) is 9.15 Å². The van der Waals surface area contributed by atoms with E-state index in [1.807, 2.05) is 0 Å². The Kier molecular flexibility index (Phi) is 5.80. The number of hydrogen-bond donors (Lipinski definition) is 0. The molecule has 0 saturated carbocycles. The van der Waals surface area contributed by atoms with E-state index < -0.39 is 11.6 Å². The summed E-state index contributed by atoms with van der Waals surface area (Å²) in [5, 5.41) is 0. The van der Waals surface area contributed by atoms with E-state index in [-0.39, 0.29) is 30.9 Å². The van der Waals surface area contributed by atoms with E-state index in [1.54, 1.807) is 35.4 Å². The molecule has 0 aliphatic carbocycles. The molecule has 4 rings (SSSR count). The summed E-state index contributed by atoms with van der Waals surface area (Å²) in [6, 6.07) is 6.74. The lowest BCUT2D eigenvalue weighted by Gasteiger charge is -2.31. The molecule has 2 aromatic heterocycles. The Bertz CT molecular complexity index is 1110. The zero-order chi connectivity index (χ0) is 22.1. The number of ether oxygens (including phenoxy) is 1. The van der Waals surface area contributed by atoms with Crippen molar-refractivity contribution in [2.24, 2.45) is 5.92 Å². The highest BCUT2D eigenvalue weighted by Gasteiger charge is 2.31. The SMILES string of the molecule is CCOC(=O)C1CCCN(C(=O)c2cc3oc(C)cc3n2Cc2cc(F)cc(F)c2)C1. The van der Waals surface area contributed by atoms with Crippen LogP contribution in [-0.4, -0.2) is 41.0 Å². The predicted octanol–water partition coefficient (Wildman–Crippen LogP) is 4.28. The Labute approximate surface area is 178 Å². The zero-order valence-corrected chi connectivity index (χ0v) is 17.5. The first-order chi connectivity index (χ1) is 14.9. The molecule has 0 radical (unpaired) electrons. The van der Waals surface area contributed by atoms with Gasteiger partial charge < -0.3 is 18.6 Å². The number of aryl methyl sites for hydroxylation is 1. The van der Waals surface area contributed by atoms with E-state index in [0.29, 0.717) is 54.1 Å². The number of amides is 1. The van der Waals surface area contributed by atoms with Gasteiger partial charge in [-0.2, -0.15) is 0 Å². The van der Waals surface area contributed by atoms with Crippen molar-refractivity contribution < 1.29 is 27.5 Å². The molecule has 3 aromatic rings. The zero-order valence-electron chi connectivity index (χ0n) is 17.5. The van der Waals surface area contributed by atoms with Crippen LogP contribution < -0.4 is 0 Å². The third-order valence-corrected chi connectivity index (χ3v) is 5.52. The van der Waals surface area contributed by atoms with Gasteiger partial charge >= 0.3 is 5.97 Å². The number of benzene rings is 1.